The second kappa shape index (κ2) is 9.59. The molecule has 0 radical (unpaired) electrons. The van der Waals surface area contributed by atoms with Gasteiger partial charge in [0.05, 0.1) is 17.7 Å². The highest BCUT2D eigenvalue weighted by Gasteiger charge is 2.20. The minimum absolute atomic E-state index is 0.0468. The van der Waals surface area contributed by atoms with Crippen molar-refractivity contribution in [2.24, 2.45) is 0 Å². The lowest BCUT2D eigenvalue weighted by Crippen LogP contribution is -2.23. The van der Waals surface area contributed by atoms with E-state index < -0.39 is 20.9 Å². The van der Waals surface area contributed by atoms with Gasteiger partial charge in [-0.15, -0.1) is 0 Å². The molecule has 1 aromatic heterocycles. The number of benzene rings is 2. The zero-order valence-electron chi connectivity index (χ0n) is 16.3. The minimum atomic E-state index is -4.30. The summed E-state index contributed by atoms with van der Waals surface area (Å²) in [6, 6.07) is 15.2. The molecule has 1 amide bonds. The lowest BCUT2D eigenvalue weighted by Gasteiger charge is -2.07. The van der Waals surface area contributed by atoms with Crippen molar-refractivity contribution < 1.29 is 26.7 Å². The molecule has 10 nitrogen and oxygen atoms in total. The fourth-order valence-electron chi connectivity index (χ4n) is 2.54. The predicted octanol–water partition coefficient (Wildman–Crippen LogP) is 3.18. The predicted molar refractivity (Wildman–Crippen MR) is 111 cm³/mol. The second-order valence-electron chi connectivity index (χ2n) is 6.29. The quantitative estimate of drug-likeness (QED) is 0.179. The third-order valence-corrected chi connectivity index (χ3v) is 5.33. The number of furan rings is 1. The molecule has 0 unspecified atom stereocenters. The van der Waals surface area contributed by atoms with Crippen LogP contribution in [0.1, 0.15) is 11.3 Å². The number of hydrogen-bond donors (Lipinski definition) is 1. The van der Waals surface area contributed by atoms with Gasteiger partial charge in [-0.05, 0) is 42.0 Å². The molecule has 0 saturated heterocycles. The molecule has 0 saturated carbocycles. The van der Waals surface area contributed by atoms with Crippen LogP contribution in [0.15, 0.2) is 81.8 Å². The second-order valence-corrected chi connectivity index (χ2v) is 7.84. The molecular formula is C21H15N3O7S. The largest absolute Gasteiger partial charge is 0.467 e. The van der Waals surface area contributed by atoms with E-state index in [2.05, 4.69) is 5.32 Å². The Hall–Kier alpha value is -4.43. The summed E-state index contributed by atoms with van der Waals surface area (Å²) in [5.41, 5.74) is -0.0891. The Morgan fingerprint density at radius 2 is 1.94 bits per heavy atom. The van der Waals surface area contributed by atoms with Crippen molar-refractivity contribution in [1.29, 1.82) is 5.26 Å². The van der Waals surface area contributed by atoms with Gasteiger partial charge in [0, 0.05) is 12.1 Å². The molecule has 1 heterocycles. The SMILES string of the molecule is N#C/C(=C\c1ccc(OS(=O)(=O)c2cccc([N+](=O)[O-])c2)cc1)C(=O)NCc1ccco1. The summed E-state index contributed by atoms with van der Waals surface area (Å²) >= 11 is 0. The van der Waals surface area contributed by atoms with Gasteiger partial charge in [0.15, 0.2) is 0 Å². The van der Waals surface area contributed by atoms with Crippen molar-refractivity contribution in [3.05, 3.63) is 93.9 Å². The van der Waals surface area contributed by atoms with Gasteiger partial charge in [-0.3, -0.25) is 14.9 Å². The van der Waals surface area contributed by atoms with Crippen LogP contribution in [-0.2, 0) is 21.5 Å². The number of nitrogens with one attached hydrogen (secondary N) is 1. The highest BCUT2D eigenvalue weighted by molar-refractivity contribution is 7.87. The molecule has 11 heteroatoms. The van der Waals surface area contributed by atoms with Crippen molar-refractivity contribution in [1.82, 2.24) is 5.32 Å². The number of nitro groups is 1. The molecule has 2 aromatic carbocycles. The Morgan fingerprint density at radius 1 is 1.19 bits per heavy atom. The normalized spacial score (nSPS) is 11.4. The van der Waals surface area contributed by atoms with E-state index in [-0.39, 0.29) is 28.5 Å². The molecule has 0 aliphatic rings. The lowest BCUT2D eigenvalue weighted by atomic mass is 10.1. The van der Waals surface area contributed by atoms with Crippen LogP contribution in [0.2, 0.25) is 0 Å². The lowest BCUT2D eigenvalue weighted by molar-refractivity contribution is -0.385. The van der Waals surface area contributed by atoms with Crippen LogP contribution in [-0.4, -0.2) is 19.2 Å². The molecule has 0 spiro atoms. The highest BCUT2D eigenvalue weighted by atomic mass is 32.2. The standard InChI is InChI=1S/C21H15N3O7S/c22-13-16(21(25)23-14-19-4-2-10-30-19)11-15-6-8-18(9-7-15)31-32(28,29)20-5-1-3-17(12-20)24(26)27/h1-12H,14H2,(H,23,25)/b16-11+. The number of hydrogen-bond acceptors (Lipinski definition) is 8. The van der Waals surface area contributed by atoms with Crippen molar-refractivity contribution in [3.8, 4) is 11.8 Å². The number of non-ortho nitro benzene ring substituents is 1. The fraction of sp³-hybridized carbons (Fsp3) is 0.0476. The first-order valence-corrected chi connectivity index (χ1v) is 10.4. The van der Waals surface area contributed by atoms with E-state index in [1.165, 1.54) is 48.7 Å². The van der Waals surface area contributed by atoms with Gasteiger partial charge in [0.2, 0.25) is 0 Å². The summed E-state index contributed by atoms with van der Waals surface area (Å²) in [7, 11) is -4.30. The van der Waals surface area contributed by atoms with Gasteiger partial charge < -0.3 is 13.9 Å². The van der Waals surface area contributed by atoms with E-state index in [4.69, 9.17) is 8.60 Å². The van der Waals surface area contributed by atoms with Crippen LogP contribution in [0, 0.1) is 21.4 Å². The Bertz CT molecular complexity index is 1310. The molecule has 3 rings (SSSR count). The number of nitro benzene ring substituents is 1. The Balaban J connectivity index is 1.71. The van der Waals surface area contributed by atoms with Crippen LogP contribution in [0.4, 0.5) is 5.69 Å². The topological polar surface area (TPSA) is 153 Å². The van der Waals surface area contributed by atoms with Gasteiger partial charge in [-0.2, -0.15) is 13.7 Å². The highest BCUT2D eigenvalue weighted by Crippen LogP contribution is 2.23. The maximum atomic E-state index is 12.4. The van der Waals surface area contributed by atoms with Crippen molar-refractivity contribution in [2.45, 2.75) is 11.4 Å². The van der Waals surface area contributed by atoms with E-state index in [1.54, 1.807) is 18.2 Å². The zero-order chi connectivity index (χ0) is 23.1. The number of carbonyl (C=O) groups excluding carboxylic acids is 1. The van der Waals surface area contributed by atoms with Crippen LogP contribution in [0.5, 0.6) is 5.75 Å². The molecule has 0 aliphatic heterocycles. The molecule has 0 fully saturated rings. The number of nitrogens with zero attached hydrogens (tertiary/aromatic N) is 2. The zero-order valence-corrected chi connectivity index (χ0v) is 17.1. The van der Waals surface area contributed by atoms with Gasteiger partial charge in [0.1, 0.15) is 28.0 Å². The molecule has 0 bridgehead atoms. The molecule has 0 aliphatic carbocycles. The number of carbonyl (C=O) groups is 1. The number of rotatable bonds is 8. The van der Waals surface area contributed by atoms with Gasteiger partial charge in [-0.25, -0.2) is 0 Å². The average molecular weight is 453 g/mol. The summed E-state index contributed by atoms with van der Waals surface area (Å²) < 4.78 is 34.9. The first-order valence-electron chi connectivity index (χ1n) is 9.00. The summed E-state index contributed by atoms with van der Waals surface area (Å²) in [6.07, 6.45) is 2.79. The molecule has 3 aromatic rings. The first kappa shape index (κ1) is 22.3. The number of nitriles is 1. The van der Waals surface area contributed by atoms with E-state index in [9.17, 15) is 28.6 Å². The smallest absolute Gasteiger partial charge is 0.339 e. The minimum Gasteiger partial charge on any atom is -0.467 e. The van der Waals surface area contributed by atoms with E-state index in [0.717, 1.165) is 12.1 Å². The van der Waals surface area contributed by atoms with Gasteiger partial charge >= 0.3 is 10.1 Å². The molecule has 162 valence electrons. The Morgan fingerprint density at radius 3 is 2.56 bits per heavy atom. The molecule has 32 heavy (non-hydrogen) atoms. The van der Waals surface area contributed by atoms with Gasteiger partial charge in [0.25, 0.3) is 11.6 Å². The number of amides is 1. The van der Waals surface area contributed by atoms with E-state index in [1.807, 2.05) is 0 Å². The first-order chi connectivity index (χ1) is 15.3. The third-order valence-electron chi connectivity index (χ3n) is 4.08. The maximum absolute atomic E-state index is 12.4. The Labute approximate surface area is 182 Å². The Kier molecular flexibility index (Phi) is 6.67. The third kappa shape index (κ3) is 5.59. The maximum Gasteiger partial charge on any atom is 0.339 e. The molecule has 0 atom stereocenters. The molecule has 1 N–H and O–H groups in total. The van der Waals surface area contributed by atoms with Crippen LogP contribution in [0.25, 0.3) is 6.08 Å². The summed E-state index contributed by atoms with van der Waals surface area (Å²) in [5, 5.41) is 22.7. The monoisotopic (exact) mass is 453 g/mol. The van der Waals surface area contributed by atoms with Crippen LogP contribution in [0.3, 0.4) is 0 Å². The summed E-state index contributed by atoms with van der Waals surface area (Å²) in [6.45, 7) is 0.118. The average Bonchev–Trinajstić information content (AvgIpc) is 3.30. The molecular weight excluding hydrogens is 438 g/mol. The van der Waals surface area contributed by atoms with Crippen molar-refractivity contribution >= 4 is 27.8 Å². The summed E-state index contributed by atoms with van der Waals surface area (Å²) in [5.74, 6) is -0.117. The van der Waals surface area contributed by atoms with Crippen molar-refractivity contribution in [2.75, 3.05) is 0 Å². The van der Waals surface area contributed by atoms with Gasteiger partial charge in [-0.1, -0.05) is 18.2 Å². The fourth-order valence-corrected chi connectivity index (χ4v) is 3.51. The van der Waals surface area contributed by atoms with E-state index >= 15 is 0 Å². The summed E-state index contributed by atoms with van der Waals surface area (Å²) in [4.78, 5) is 21.9. The van der Waals surface area contributed by atoms with Crippen LogP contribution >= 0.6 is 0 Å². The van der Waals surface area contributed by atoms with Crippen LogP contribution < -0.4 is 9.50 Å². The van der Waals surface area contributed by atoms with Crippen molar-refractivity contribution in [3.63, 3.8) is 0 Å². The van der Waals surface area contributed by atoms with E-state index in [0.29, 0.717) is 11.3 Å².